The highest BCUT2D eigenvalue weighted by Crippen LogP contribution is 2.20. The number of ether oxygens (including phenoxy) is 1. The maximum Gasteiger partial charge on any atom is 0.138 e. The maximum atomic E-state index is 10.3. The monoisotopic (exact) mass is 316 g/mol. The number of aromatic hydroxyl groups is 1. The van der Waals surface area contributed by atoms with Crippen molar-refractivity contribution in [3.63, 3.8) is 0 Å². The smallest absolute Gasteiger partial charge is 0.138 e. The van der Waals surface area contributed by atoms with Crippen LogP contribution >= 0.6 is 0 Å². The Morgan fingerprint density at radius 1 is 1.22 bits per heavy atom. The third-order valence-corrected chi connectivity index (χ3v) is 3.33. The Morgan fingerprint density at radius 3 is 2.74 bits per heavy atom. The standard InChI is InChI=1S/C18H24N2O3/c1-12(2)23-15-6-4-5-14(9-15)18(22)11-19-10-16-17(21)8-7-13(3)20-16/h4-9,12,18-19,21-22H,10-11H2,1-3H3. The predicted molar refractivity (Wildman–Crippen MR) is 89.5 cm³/mol. The average molecular weight is 316 g/mol. The van der Waals surface area contributed by atoms with Gasteiger partial charge >= 0.3 is 0 Å². The molecule has 1 heterocycles. The van der Waals surface area contributed by atoms with E-state index in [1.54, 1.807) is 12.1 Å². The summed E-state index contributed by atoms with van der Waals surface area (Å²) in [6.07, 6.45) is -0.562. The molecule has 0 fully saturated rings. The highest BCUT2D eigenvalue weighted by Gasteiger charge is 2.10. The molecule has 0 saturated heterocycles. The first-order chi connectivity index (χ1) is 11.0. The van der Waals surface area contributed by atoms with Gasteiger partial charge in [0.05, 0.1) is 17.9 Å². The first-order valence-corrected chi connectivity index (χ1v) is 7.76. The molecule has 2 aromatic rings. The molecule has 0 aliphatic heterocycles. The van der Waals surface area contributed by atoms with Crippen molar-refractivity contribution in [1.29, 1.82) is 0 Å². The van der Waals surface area contributed by atoms with E-state index in [-0.39, 0.29) is 11.9 Å². The lowest BCUT2D eigenvalue weighted by Crippen LogP contribution is -2.21. The molecule has 0 bridgehead atoms. The molecule has 0 aliphatic carbocycles. The van der Waals surface area contributed by atoms with E-state index in [1.807, 2.05) is 45.0 Å². The van der Waals surface area contributed by atoms with Crippen LogP contribution in [0.15, 0.2) is 36.4 Å². The van der Waals surface area contributed by atoms with Crippen LogP contribution in [0.5, 0.6) is 11.5 Å². The van der Waals surface area contributed by atoms with E-state index in [0.717, 1.165) is 17.0 Å². The molecule has 2 rings (SSSR count). The second kappa shape index (κ2) is 7.94. The van der Waals surface area contributed by atoms with Crippen LogP contribution in [0.3, 0.4) is 0 Å². The van der Waals surface area contributed by atoms with Crippen LogP contribution in [0, 0.1) is 6.92 Å². The van der Waals surface area contributed by atoms with E-state index in [4.69, 9.17) is 4.74 Å². The van der Waals surface area contributed by atoms with Gasteiger partial charge in [-0.15, -0.1) is 0 Å². The maximum absolute atomic E-state index is 10.3. The number of aliphatic hydroxyl groups excluding tert-OH is 1. The van der Waals surface area contributed by atoms with Crippen LogP contribution in [0.2, 0.25) is 0 Å². The van der Waals surface area contributed by atoms with Crippen molar-refractivity contribution in [3.8, 4) is 11.5 Å². The largest absolute Gasteiger partial charge is 0.506 e. The van der Waals surface area contributed by atoms with Gasteiger partial charge in [-0.2, -0.15) is 0 Å². The van der Waals surface area contributed by atoms with Crippen LogP contribution in [0.4, 0.5) is 0 Å². The molecule has 0 amide bonds. The Morgan fingerprint density at radius 2 is 2.00 bits per heavy atom. The summed E-state index contributed by atoms with van der Waals surface area (Å²) in [5.74, 6) is 0.902. The molecule has 1 aromatic carbocycles. The van der Waals surface area contributed by atoms with Crippen LogP contribution in [0.25, 0.3) is 0 Å². The summed E-state index contributed by atoms with van der Waals surface area (Å²) in [6, 6.07) is 10.8. The second-order valence-electron chi connectivity index (χ2n) is 5.80. The van der Waals surface area contributed by atoms with Crippen LogP contribution in [-0.4, -0.2) is 27.8 Å². The molecule has 3 N–H and O–H groups in total. The van der Waals surface area contributed by atoms with Crippen molar-refractivity contribution in [2.75, 3.05) is 6.54 Å². The van der Waals surface area contributed by atoms with E-state index < -0.39 is 6.10 Å². The minimum atomic E-state index is -0.655. The lowest BCUT2D eigenvalue weighted by molar-refractivity contribution is 0.173. The van der Waals surface area contributed by atoms with E-state index >= 15 is 0 Å². The Bertz CT molecular complexity index is 644. The fourth-order valence-corrected chi connectivity index (χ4v) is 2.25. The predicted octanol–water partition coefficient (Wildman–Crippen LogP) is 2.71. The summed E-state index contributed by atoms with van der Waals surface area (Å²) in [5.41, 5.74) is 2.21. The van der Waals surface area contributed by atoms with Gasteiger partial charge in [-0.3, -0.25) is 4.98 Å². The zero-order valence-electron chi connectivity index (χ0n) is 13.8. The number of aromatic nitrogens is 1. The highest BCUT2D eigenvalue weighted by atomic mass is 16.5. The number of rotatable bonds is 7. The summed E-state index contributed by atoms with van der Waals surface area (Å²) in [6.45, 7) is 6.56. The summed E-state index contributed by atoms with van der Waals surface area (Å²) in [5, 5.41) is 23.2. The topological polar surface area (TPSA) is 74.6 Å². The van der Waals surface area contributed by atoms with Gasteiger partial charge in [-0.05, 0) is 50.6 Å². The zero-order valence-corrected chi connectivity index (χ0v) is 13.8. The van der Waals surface area contributed by atoms with Crippen LogP contribution < -0.4 is 10.1 Å². The number of nitrogens with one attached hydrogen (secondary N) is 1. The van der Waals surface area contributed by atoms with Crippen LogP contribution in [-0.2, 0) is 6.54 Å². The third-order valence-electron chi connectivity index (χ3n) is 3.33. The van der Waals surface area contributed by atoms with Gasteiger partial charge in [0.1, 0.15) is 11.5 Å². The van der Waals surface area contributed by atoms with Crippen molar-refractivity contribution in [3.05, 3.63) is 53.3 Å². The fraction of sp³-hybridized carbons (Fsp3) is 0.389. The quantitative estimate of drug-likeness (QED) is 0.732. The molecular weight excluding hydrogens is 292 g/mol. The van der Waals surface area contributed by atoms with Crippen LogP contribution in [0.1, 0.15) is 36.9 Å². The Labute approximate surface area is 137 Å². The van der Waals surface area contributed by atoms with Gasteiger partial charge in [0.2, 0.25) is 0 Å². The summed E-state index contributed by atoms with van der Waals surface area (Å²) in [4.78, 5) is 4.27. The molecular formula is C18H24N2O3. The number of hydrogen-bond acceptors (Lipinski definition) is 5. The third kappa shape index (κ3) is 5.23. The number of hydrogen-bond donors (Lipinski definition) is 3. The molecule has 0 aliphatic rings. The fourth-order valence-electron chi connectivity index (χ4n) is 2.25. The van der Waals surface area contributed by atoms with Gasteiger partial charge < -0.3 is 20.3 Å². The van der Waals surface area contributed by atoms with Gasteiger partial charge in [0.15, 0.2) is 0 Å². The molecule has 0 radical (unpaired) electrons. The number of benzene rings is 1. The van der Waals surface area contributed by atoms with E-state index in [1.165, 1.54) is 0 Å². The lowest BCUT2D eigenvalue weighted by Gasteiger charge is -2.15. The van der Waals surface area contributed by atoms with E-state index in [0.29, 0.717) is 18.8 Å². The van der Waals surface area contributed by atoms with Crippen molar-refractivity contribution in [2.45, 2.75) is 39.5 Å². The second-order valence-corrected chi connectivity index (χ2v) is 5.80. The number of aliphatic hydroxyl groups is 1. The van der Waals surface area contributed by atoms with Gasteiger partial charge in [-0.1, -0.05) is 12.1 Å². The SMILES string of the molecule is Cc1ccc(O)c(CNCC(O)c2cccc(OC(C)C)c2)n1. The molecule has 1 aromatic heterocycles. The minimum Gasteiger partial charge on any atom is -0.506 e. The van der Waals surface area contributed by atoms with Gasteiger partial charge in [0, 0.05) is 18.8 Å². The molecule has 23 heavy (non-hydrogen) atoms. The summed E-state index contributed by atoms with van der Waals surface area (Å²) >= 11 is 0. The van der Waals surface area contributed by atoms with E-state index in [2.05, 4.69) is 10.3 Å². The lowest BCUT2D eigenvalue weighted by atomic mass is 10.1. The molecule has 0 spiro atoms. The average Bonchev–Trinajstić information content (AvgIpc) is 2.50. The Kier molecular flexibility index (Phi) is 5.96. The van der Waals surface area contributed by atoms with Gasteiger partial charge in [0.25, 0.3) is 0 Å². The highest BCUT2D eigenvalue weighted by molar-refractivity contribution is 5.30. The number of pyridine rings is 1. The van der Waals surface area contributed by atoms with E-state index in [9.17, 15) is 10.2 Å². The first kappa shape index (κ1) is 17.2. The normalized spacial score (nSPS) is 12.4. The minimum absolute atomic E-state index is 0.0934. The van der Waals surface area contributed by atoms with Gasteiger partial charge in [-0.25, -0.2) is 0 Å². The van der Waals surface area contributed by atoms with Crippen molar-refractivity contribution < 1.29 is 14.9 Å². The zero-order chi connectivity index (χ0) is 16.8. The molecule has 5 nitrogen and oxygen atoms in total. The van der Waals surface area contributed by atoms with Crippen molar-refractivity contribution >= 4 is 0 Å². The number of nitrogens with zero attached hydrogens (tertiary/aromatic N) is 1. The van der Waals surface area contributed by atoms with Crippen molar-refractivity contribution in [2.24, 2.45) is 0 Å². The molecule has 1 atom stereocenters. The Balaban J connectivity index is 1.92. The molecule has 1 unspecified atom stereocenters. The summed E-state index contributed by atoms with van der Waals surface area (Å²) in [7, 11) is 0. The summed E-state index contributed by atoms with van der Waals surface area (Å²) < 4.78 is 5.63. The Hall–Kier alpha value is -2.11. The number of aryl methyl sites for hydroxylation is 1. The first-order valence-electron chi connectivity index (χ1n) is 7.76. The molecule has 124 valence electrons. The van der Waals surface area contributed by atoms with Crippen molar-refractivity contribution in [1.82, 2.24) is 10.3 Å². The molecule has 0 saturated carbocycles. The molecule has 5 heteroatoms.